The molecule has 2 aliphatic heterocycles. The number of esters is 3. The predicted molar refractivity (Wildman–Crippen MR) is 221 cm³/mol. The second-order valence-electron chi connectivity index (χ2n) is 14.3. The molecule has 5 N–H and O–H groups in total. The topological polar surface area (TPSA) is 247 Å². The van der Waals surface area contributed by atoms with Crippen LogP contribution in [0.15, 0.2) is 73.3 Å². The van der Waals surface area contributed by atoms with Gasteiger partial charge in [-0.05, 0) is 51.0 Å². The maximum absolute atomic E-state index is 15.4. The van der Waals surface area contributed by atoms with Gasteiger partial charge in [-0.2, -0.15) is 19.9 Å². The summed E-state index contributed by atoms with van der Waals surface area (Å²) >= 11 is 11.8. The number of fused-ring (bicyclic) bond motifs is 2. The van der Waals surface area contributed by atoms with Crippen LogP contribution in [0.2, 0.25) is 10.3 Å². The Morgan fingerprint density at radius 1 is 0.790 bits per heavy atom. The Morgan fingerprint density at radius 3 is 1.90 bits per heavy atom. The van der Waals surface area contributed by atoms with Gasteiger partial charge in [-0.1, -0.05) is 73.4 Å². The van der Waals surface area contributed by atoms with Gasteiger partial charge in [-0.15, -0.1) is 0 Å². The van der Waals surface area contributed by atoms with Crippen LogP contribution in [0, 0.1) is 0 Å². The molecule has 8 rings (SSSR count). The van der Waals surface area contributed by atoms with Crippen LogP contribution in [0.1, 0.15) is 74.4 Å². The summed E-state index contributed by atoms with van der Waals surface area (Å²) in [5.41, 5.74) is 9.97. The molecule has 4 aromatic heterocycles. The van der Waals surface area contributed by atoms with Gasteiger partial charge in [0.25, 0.3) is 0 Å². The largest absolute Gasteiger partial charge is 0.448 e. The number of aromatic nitrogens is 8. The van der Waals surface area contributed by atoms with E-state index >= 15 is 4.39 Å². The standard InChI is InChI=1S/C19H19ClFN5O3.C16H19FO5.C5H4ClN5/c1-3-11-13(21)19(2,29-16(27)10-7-5-4-6-8-10)17(28-11)26-9-23-12-14(20)24-18(22)25-15(12)26;1-4-12-13(17)16(3,15(21-12)20-10(2)18)22-14(19)11-8-6-5-7-9-11;6-3-2-4(9-1-8-2)11-5(7)10-3/h4-9,11,13,17H,3H2,1-2H3,(H2,22,24,25);5-9,12-13,15H,4H2,1-3H3;1H,(H3,7,8,9,10,11)/t11-,13-,17+,19+;12-,13-,15-,16+;/m11./s1. The third kappa shape index (κ3) is 9.37. The highest BCUT2D eigenvalue weighted by molar-refractivity contribution is 6.34. The number of halogens is 4. The molecule has 2 aliphatic rings. The first-order valence-corrected chi connectivity index (χ1v) is 19.9. The second kappa shape index (κ2) is 18.9. The number of rotatable bonds is 8. The molecule has 0 bridgehead atoms. The van der Waals surface area contributed by atoms with E-state index < -0.39 is 66.2 Å². The fraction of sp³-hybridized carbons (Fsp3) is 0.375. The van der Waals surface area contributed by atoms with Crippen molar-refractivity contribution in [2.24, 2.45) is 0 Å². The Labute approximate surface area is 362 Å². The van der Waals surface area contributed by atoms with Crippen molar-refractivity contribution >= 4 is 75.3 Å². The number of hydrogen-bond acceptors (Lipinski definition) is 16. The molecule has 62 heavy (non-hydrogen) atoms. The van der Waals surface area contributed by atoms with Crippen molar-refractivity contribution in [3.63, 3.8) is 0 Å². The van der Waals surface area contributed by atoms with E-state index in [0.717, 1.165) is 0 Å². The van der Waals surface area contributed by atoms with E-state index in [1.165, 1.54) is 38.0 Å². The monoisotopic (exact) mass is 898 g/mol. The number of anilines is 2. The molecule has 0 saturated carbocycles. The van der Waals surface area contributed by atoms with Crippen LogP contribution in [-0.4, -0.2) is 99.4 Å². The fourth-order valence-corrected chi connectivity index (χ4v) is 7.19. The number of aromatic amines is 1. The second-order valence-corrected chi connectivity index (χ2v) is 15.0. The summed E-state index contributed by atoms with van der Waals surface area (Å²) in [7, 11) is 0. The highest BCUT2D eigenvalue weighted by atomic mass is 35.5. The SMILES string of the molecule is CC[C@H]1O[C@@H](OC(C)=O)[C@@](C)(OC(=O)c2ccccc2)[C@@H]1F.CC[C@H]1O[C@H](n2cnc3c(Cl)nc(N)nc32)[C@@](C)(OC(=O)c2ccccc2)[C@@H]1F.Nc1nc(Cl)c2[nH]cnc2n1. The quantitative estimate of drug-likeness (QED) is 0.0832. The fourth-order valence-electron chi connectivity index (χ4n) is 6.74. The van der Waals surface area contributed by atoms with E-state index in [9.17, 15) is 18.8 Å². The predicted octanol–water partition coefficient (Wildman–Crippen LogP) is 6.55. The van der Waals surface area contributed by atoms with Gasteiger partial charge in [0.05, 0.1) is 36.0 Å². The number of H-pyrrole nitrogens is 1. The number of nitrogens with two attached hydrogens (primary N) is 2. The molecular weight excluding hydrogens is 857 g/mol. The Morgan fingerprint density at radius 2 is 1.32 bits per heavy atom. The first-order valence-electron chi connectivity index (χ1n) is 19.1. The summed E-state index contributed by atoms with van der Waals surface area (Å²) in [6.45, 7) is 7.60. The average molecular weight is 900 g/mol. The smallest absolute Gasteiger partial charge is 0.339 e. The third-order valence-corrected chi connectivity index (χ3v) is 10.5. The minimum atomic E-state index is -1.68. The van der Waals surface area contributed by atoms with Crippen molar-refractivity contribution in [2.75, 3.05) is 11.5 Å². The summed E-state index contributed by atoms with van der Waals surface area (Å²) in [4.78, 5) is 62.5. The summed E-state index contributed by atoms with van der Waals surface area (Å²) in [5.74, 6) is -1.90. The number of alkyl halides is 2. The maximum atomic E-state index is 15.4. The van der Waals surface area contributed by atoms with E-state index in [0.29, 0.717) is 34.7 Å². The number of nitrogens with zero attached hydrogens (tertiary/aromatic N) is 7. The van der Waals surface area contributed by atoms with Crippen LogP contribution in [0.3, 0.4) is 0 Å². The lowest BCUT2D eigenvalue weighted by Gasteiger charge is -2.31. The number of carbonyl (C=O) groups excluding carboxylic acids is 3. The molecule has 6 aromatic rings. The lowest BCUT2D eigenvalue weighted by molar-refractivity contribution is -0.203. The Hall–Kier alpha value is -6.09. The van der Waals surface area contributed by atoms with Crippen molar-refractivity contribution in [3.8, 4) is 0 Å². The van der Waals surface area contributed by atoms with Gasteiger partial charge in [-0.3, -0.25) is 9.36 Å². The highest BCUT2D eigenvalue weighted by Crippen LogP contribution is 2.45. The number of nitrogens with one attached hydrogen (secondary N) is 1. The molecule has 22 heteroatoms. The number of benzene rings is 2. The molecule has 0 radical (unpaired) electrons. The molecule has 0 aliphatic carbocycles. The van der Waals surface area contributed by atoms with E-state index in [-0.39, 0.29) is 33.8 Å². The lowest BCUT2D eigenvalue weighted by Crippen LogP contribution is -2.48. The average Bonchev–Trinajstić information content (AvgIpc) is 4.00. The van der Waals surface area contributed by atoms with Gasteiger partial charge in [0.1, 0.15) is 11.0 Å². The molecule has 0 unspecified atom stereocenters. The Bertz CT molecular complexity index is 2540. The van der Waals surface area contributed by atoms with Crippen LogP contribution in [0.4, 0.5) is 20.7 Å². The molecule has 0 spiro atoms. The van der Waals surface area contributed by atoms with Crippen molar-refractivity contribution < 1.29 is 46.8 Å². The molecule has 8 atom stereocenters. The number of hydrogen-bond donors (Lipinski definition) is 3. The number of carbonyl (C=O) groups is 3. The van der Waals surface area contributed by atoms with Crippen molar-refractivity contribution in [1.82, 2.24) is 39.5 Å². The van der Waals surface area contributed by atoms with E-state index in [4.69, 9.17) is 58.4 Å². The summed E-state index contributed by atoms with van der Waals surface area (Å²) in [5, 5.41) is 0.362. The molecular formula is C40H42Cl2F2N10O8. The zero-order valence-electron chi connectivity index (χ0n) is 33.9. The molecule has 6 heterocycles. The first kappa shape index (κ1) is 45.4. The Balaban J connectivity index is 0.000000170. The first-order chi connectivity index (χ1) is 29.5. The Kier molecular flexibility index (Phi) is 13.8. The van der Waals surface area contributed by atoms with Gasteiger partial charge < -0.3 is 40.1 Å². The summed E-state index contributed by atoms with van der Waals surface area (Å²) < 4.78 is 58.8. The number of ether oxygens (including phenoxy) is 5. The summed E-state index contributed by atoms with van der Waals surface area (Å²) in [6, 6.07) is 16.6. The van der Waals surface area contributed by atoms with Crippen LogP contribution < -0.4 is 11.5 Å². The molecule has 18 nitrogen and oxygen atoms in total. The van der Waals surface area contributed by atoms with Crippen LogP contribution in [-0.2, 0) is 28.5 Å². The third-order valence-electron chi connectivity index (χ3n) is 9.94. The molecule has 2 aromatic carbocycles. The minimum Gasteiger partial charge on any atom is -0.448 e. The zero-order valence-corrected chi connectivity index (χ0v) is 35.4. The van der Waals surface area contributed by atoms with Crippen LogP contribution >= 0.6 is 23.2 Å². The van der Waals surface area contributed by atoms with E-state index in [1.54, 1.807) is 74.5 Å². The van der Waals surface area contributed by atoms with Crippen molar-refractivity contribution in [3.05, 3.63) is 94.8 Å². The van der Waals surface area contributed by atoms with Crippen molar-refractivity contribution in [2.45, 2.75) is 95.7 Å². The number of imidazole rings is 2. The van der Waals surface area contributed by atoms with Crippen LogP contribution in [0.5, 0.6) is 0 Å². The van der Waals surface area contributed by atoms with Gasteiger partial charge >= 0.3 is 17.9 Å². The zero-order chi connectivity index (χ0) is 44.9. The normalized spacial score (nSPS) is 25.3. The maximum Gasteiger partial charge on any atom is 0.339 e. The lowest BCUT2D eigenvalue weighted by atomic mass is 9.96. The van der Waals surface area contributed by atoms with Crippen LogP contribution in [0.25, 0.3) is 22.3 Å². The number of nitrogen functional groups attached to an aromatic ring is 2. The van der Waals surface area contributed by atoms with Gasteiger partial charge in [0.2, 0.25) is 23.8 Å². The van der Waals surface area contributed by atoms with Gasteiger partial charge in [0, 0.05) is 6.92 Å². The van der Waals surface area contributed by atoms with E-state index in [2.05, 4.69) is 34.9 Å². The summed E-state index contributed by atoms with van der Waals surface area (Å²) in [6.07, 6.45) is -3.37. The van der Waals surface area contributed by atoms with Gasteiger partial charge in [0.15, 0.2) is 45.8 Å². The minimum absolute atomic E-state index is 0.0610. The molecule has 2 fully saturated rings. The molecule has 2 saturated heterocycles. The van der Waals surface area contributed by atoms with E-state index in [1.807, 2.05) is 0 Å². The highest BCUT2D eigenvalue weighted by Gasteiger charge is 2.60. The molecule has 0 amide bonds. The van der Waals surface area contributed by atoms with Gasteiger partial charge in [-0.25, -0.2) is 28.3 Å². The molecule has 328 valence electrons. The van der Waals surface area contributed by atoms with Crippen molar-refractivity contribution in [1.29, 1.82) is 0 Å².